The maximum absolute atomic E-state index is 7.25. The van der Waals surface area contributed by atoms with E-state index in [9.17, 15) is 0 Å². The molecule has 0 unspecified atom stereocenters. The number of H-pyrrole nitrogens is 1. The van der Waals surface area contributed by atoms with Gasteiger partial charge in [-0.05, 0) is 26.3 Å². The van der Waals surface area contributed by atoms with Crippen LogP contribution < -0.4 is 15.2 Å². The molecule has 6 nitrogen and oxygen atoms in total. The third-order valence-corrected chi connectivity index (χ3v) is 3.12. The van der Waals surface area contributed by atoms with Crippen LogP contribution in [0.25, 0.3) is 11.0 Å². The van der Waals surface area contributed by atoms with E-state index >= 15 is 0 Å². The van der Waals surface area contributed by atoms with Gasteiger partial charge in [-0.3, -0.25) is 5.41 Å². The number of aryl methyl sites for hydroxylation is 2. The molecule has 0 atom stereocenters. The first-order chi connectivity index (χ1) is 7.93. The molecule has 2 aromatic rings. The van der Waals surface area contributed by atoms with Gasteiger partial charge in [0.1, 0.15) is 7.05 Å². The largest absolute Gasteiger partial charge is 0.421 e. The number of amidine groups is 1. The second kappa shape index (κ2) is 3.73. The molecule has 0 spiro atoms. The Balaban J connectivity index is 2.86. The fourth-order valence-corrected chi connectivity index (χ4v) is 2.02. The van der Waals surface area contributed by atoms with Crippen molar-refractivity contribution in [2.24, 2.45) is 12.8 Å². The smallest absolute Gasteiger partial charge is 0.291 e. The maximum Gasteiger partial charge on any atom is 0.291 e. The fourth-order valence-electron chi connectivity index (χ4n) is 2.02. The number of nitrogens with two attached hydrogens (primary N) is 1. The van der Waals surface area contributed by atoms with Gasteiger partial charge in [-0.15, -0.1) is 0 Å². The third-order valence-electron chi connectivity index (χ3n) is 3.12. The lowest BCUT2D eigenvalue weighted by atomic mass is 10.0. The Kier molecular flexibility index (Phi) is 2.49. The molecule has 0 amide bonds. The Bertz CT molecular complexity index is 614. The zero-order valence-electron chi connectivity index (χ0n) is 10.4. The van der Waals surface area contributed by atoms with Gasteiger partial charge in [-0.2, -0.15) is 4.68 Å². The topological polar surface area (TPSA) is 91.7 Å². The third kappa shape index (κ3) is 1.61. The van der Waals surface area contributed by atoms with Crippen molar-refractivity contribution in [2.75, 3.05) is 0 Å². The van der Waals surface area contributed by atoms with Crippen LogP contribution in [0.5, 0.6) is 5.75 Å². The van der Waals surface area contributed by atoms with E-state index in [1.165, 1.54) is 0 Å². The molecule has 0 aliphatic heterocycles. The molecule has 0 bridgehead atoms. The van der Waals surface area contributed by atoms with E-state index in [1.807, 2.05) is 32.5 Å². The molecule has 0 aliphatic rings. The van der Waals surface area contributed by atoms with Gasteiger partial charge in [-0.25, -0.2) is 0 Å². The van der Waals surface area contributed by atoms with Gasteiger partial charge in [-0.1, -0.05) is 5.21 Å². The maximum atomic E-state index is 7.25. The number of aromatic nitrogens is 3. The van der Waals surface area contributed by atoms with Crippen LogP contribution in [0, 0.1) is 26.2 Å². The highest BCUT2D eigenvalue weighted by molar-refractivity contribution is 5.87. The van der Waals surface area contributed by atoms with Crippen molar-refractivity contribution in [3.63, 3.8) is 0 Å². The Morgan fingerprint density at radius 3 is 2.53 bits per heavy atom. The summed E-state index contributed by atoms with van der Waals surface area (Å²) >= 11 is 0. The molecule has 6 heteroatoms. The van der Waals surface area contributed by atoms with Crippen LogP contribution in [-0.2, 0) is 7.05 Å². The van der Waals surface area contributed by atoms with Gasteiger partial charge in [0, 0.05) is 16.2 Å². The summed E-state index contributed by atoms with van der Waals surface area (Å²) in [6.45, 7) is 6.00. The molecule has 90 valence electrons. The second-order valence-electron chi connectivity index (χ2n) is 4.14. The van der Waals surface area contributed by atoms with Crippen molar-refractivity contribution in [1.82, 2.24) is 10.3 Å². The number of hydrogen-bond donors (Lipinski definition) is 3. The minimum atomic E-state index is -0.330. The van der Waals surface area contributed by atoms with Crippen molar-refractivity contribution in [3.8, 4) is 5.75 Å². The number of hydrogen-bond acceptors (Lipinski definition) is 3. The zero-order chi connectivity index (χ0) is 12.7. The second-order valence-corrected chi connectivity index (χ2v) is 4.14. The van der Waals surface area contributed by atoms with Crippen LogP contribution in [0.15, 0.2) is 0 Å². The highest BCUT2D eigenvalue weighted by Crippen LogP contribution is 2.31. The predicted octanol–water partition coefficient (Wildman–Crippen LogP) is 0.585. The lowest BCUT2D eigenvalue weighted by molar-refractivity contribution is -0.707. The molecule has 17 heavy (non-hydrogen) atoms. The standard InChI is InChI=1S/C11H15N5O/c1-5-6(2)9-8(14-15-16(9)4)10(7(5)3)17-11(12)13/h1-4H3,(H3,12,13)/p+1. The highest BCUT2D eigenvalue weighted by Gasteiger charge is 2.24. The average Bonchev–Trinajstić information content (AvgIpc) is 2.63. The minimum absolute atomic E-state index is 0.330. The van der Waals surface area contributed by atoms with E-state index in [-0.39, 0.29) is 6.02 Å². The van der Waals surface area contributed by atoms with Gasteiger partial charge in [0.05, 0.1) is 0 Å². The van der Waals surface area contributed by atoms with E-state index in [1.54, 1.807) is 0 Å². The number of nitrogens with one attached hydrogen (secondary N) is 2. The molecule has 2 rings (SSSR count). The van der Waals surface area contributed by atoms with Crippen molar-refractivity contribution in [2.45, 2.75) is 20.8 Å². The number of ether oxygens (including phenoxy) is 1. The molecule has 1 aromatic heterocycles. The van der Waals surface area contributed by atoms with E-state index in [0.717, 1.165) is 22.2 Å². The highest BCUT2D eigenvalue weighted by atomic mass is 16.5. The summed E-state index contributed by atoms with van der Waals surface area (Å²) in [5.74, 6) is 0.549. The summed E-state index contributed by atoms with van der Waals surface area (Å²) in [5, 5.41) is 14.3. The molecule has 1 aromatic carbocycles. The summed E-state index contributed by atoms with van der Waals surface area (Å²) in [4.78, 5) is 0. The van der Waals surface area contributed by atoms with Crippen LogP contribution in [0.4, 0.5) is 0 Å². The molecule has 0 saturated carbocycles. The molecule has 0 radical (unpaired) electrons. The Hall–Kier alpha value is -2.11. The van der Waals surface area contributed by atoms with E-state index < -0.39 is 0 Å². The van der Waals surface area contributed by atoms with Gasteiger partial charge >= 0.3 is 0 Å². The normalized spacial score (nSPS) is 10.8. The molecule has 0 aliphatic carbocycles. The van der Waals surface area contributed by atoms with Gasteiger partial charge in [0.15, 0.2) is 5.75 Å². The molecule has 0 saturated heterocycles. The summed E-state index contributed by atoms with van der Waals surface area (Å²) in [6, 6.07) is -0.330. The van der Waals surface area contributed by atoms with Crippen LogP contribution in [0.1, 0.15) is 16.7 Å². The summed E-state index contributed by atoms with van der Waals surface area (Å²) in [5.41, 5.74) is 10.2. The van der Waals surface area contributed by atoms with Crippen molar-refractivity contribution < 1.29 is 9.42 Å². The molecule has 1 heterocycles. The Labute approximate surface area is 98.9 Å². The first-order valence-electron chi connectivity index (χ1n) is 5.29. The number of fused-ring (bicyclic) bond motifs is 1. The molecular weight excluding hydrogens is 218 g/mol. The molecular formula is C11H16N5O+. The van der Waals surface area contributed by atoms with Gasteiger partial charge < -0.3 is 10.5 Å². The Morgan fingerprint density at radius 1 is 1.29 bits per heavy atom. The SMILES string of the molecule is Cc1c(C)c(C)c2c(n[nH][n+]2C)c1OC(=N)N. The van der Waals surface area contributed by atoms with Crippen molar-refractivity contribution in [1.29, 1.82) is 5.41 Å². The summed E-state index contributed by atoms with van der Waals surface area (Å²) in [6.07, 6.45) is 0. The Morgan fingerprint density at radius 2 is 1.94 bits per heavy atom. The number of benzene rings is 1. The summed E-state index contributed by atoms with van der Waals surface area (Å²) in [7, 11) is 1.88. The lowest BCUT2D eigenvalue weighted by Crippen LogP contribution is -2.31. The number of aromatic amines is 1. The van der Waals surface area contributed by atoms with E-state index in [0.29, 0.717) is 11.3 Å². The number of nitrogens with zero attached hydrogens (tertiary/aromatic N) is 2. The van der Waals surface area contributed by atoms with Gasteiger partial charge in [0.25, 0.3) is 11.5 Å². The summed E-state index contributed by atoms with van der Waals surface area (Å²) < 4.78 is 7.10. The average molecular weight is 234 g/mol. The van der Waals surface area contributed by atoms with E-state index in [4.69, 9.17) is 15.9 Å². The van der Waals surface area contributed by atoms with Crippen LogP contribution >= 0.6 is 0 Å². The first kappa shape index (κ1) is 11.4. The number of rotatable bonds is 1. The lowest BCUT2D eigenvalue weighted by Gasteiger charge is -2.09. The molecule has 0 fully saturated rings. The molecule has 4 N–H and O–H groups in total. The monoisotopic (exact) mass is 234 g/mol. The van der Waals surface area contributed by atoms with Crippen LogP contribution in [0.3, 0.4) is 0 Å². The van der Waals surface area contributed by atoms with Crippen LogP contribution in [0.2, 0.25) is 0 Å². The van der Waals surface area contributed by atoms with Gasteiger partial charge in [0.2, 0.25) is 5.52 Å². The van der Waals surface area contributed by atoms with Crippen LogP contribution in [-0.4, -0.2) is 16.3 Å². The zero-order valence-corrected chi connectivity index (χ0v) is 10.4. The quantitative estimate of drug-likeness (QED) is 0.383. The predicted molar refractivity (Wildman–Crippen MR) is 64.0 cm³/mol. The fraction of sp³-hybridized carbons (Fsp3) is 0.364. The van der Waals surface area contributed by atoms with Crippen molar-refractivity contribution in [3.05, 3.63) is 16.7 Å². The van der Waals surface area contributed by atoms with E-state index in [2.05, 4.69) is 10.3 Å². The van der Waals surface area contributed by atoms with Crippen molar-refractivity contribution >= 4 is 17.1 Å². The minimum Gasteiger partial charge on any atom is -0.421 e. The first-order valence-corrected chi connectivity index (χ1v) is 5.29.